The predicted molar refractivity (Wildman–Crippen MR) is 88.8 cm³/mol. The largest absolute Gasteiger partial charge is 0.458 e. The molecule has 6 heteroatoms. The Bertz CT molecular complexity index is 817. The molecule has 0 bridgehead atoms. The number of anilines is 1. The van der Waals surface area contributed by atoms with Crippen LogP contribution in [0.3, 0.4) is 0 Å². The van der Waals surface area contributed by atoms with E-state index in [4.69, 9.17) is 10.2 Å². The number of nitrogen functional groups attached to an aromatic ring is 1. The molecule has 4 heterocycles. The van der Waals surface area contributed by atoms with Crippen molar-refractivity contribution in [1.82, 2.24) is 14.9 Å². The summed E-state index contributed by atoms with van der Waals surface area (Å²) in [6.45, 7) is 5.26. The maximum atomic E-state index is 6.12. The molecule has 5 nitrogen and oxygen atoms in total. The van der Waals surface area contributed by atoms with E-state index in [2.05, 4.69) is 20.9 Å². The van der Waals surface area contributed by atoms with Gasteiger partial charge in [-0.05, 0) is 51.1 Å². The Morgan fingerprint density at radius 3 is 2.82 bits per heavy atom. The average Bonchev–Trinajstić information content (AvgIpc) is 3.19. The van der Waals surface area contributed by atoms with E-state index in [9.17, 15) is 0 Å². The van der Waals surface area contributed by atoms with Gasteiger partial charge in [-0.3, -0.25) is 4.90 Å². The second kappa shape index (κ2) is 5.37. The van der Waals surface area contributed by atoms with Gasteiger partial charge in [-0.25, -0.2) is 9.97 Å². The first-order chi connectivity index (χ1) is 10.7. The lowest BCUT2D eigenvalue weighted by Crippen LogP contribution is -2.17. The molecule has 114 valence electrons. The van der Waals surface area contributed by atoms with Gasteiger partial charge in [0.1, 0.15) is 16.4 Å². The Hall–Kier alpha value is -1.92. The van der Waals surface area contributed by atoms with Gasteiger partial charge in [0.25, 0.3) is 0 Å². The summed E-state index contributed by atoms with van der Waals surface area (Å²) in [6.07, 6.45) is 2.60. The van der Waals surface area contributed by atoms with Gasteiger partial charge in [-0.1, -0.05) is 0 Å². The zero-order valence-electron chi connectivity index (χ0n) is 12.5. The topological polar surface area (TPSA) is 68.2 Å². The molecule has 0 atom stereocenters. The molecule has 0 unspecified atom stereocenters. The molecule has 1 saturated heterocycles. The minimum atomic E-state index is 0.526. The molecule has 0 aliphatic carbocycles. The zero-order chi connectivity index (χ0) is 15.1. The summed E-state index contributed by atoms with van der Waals surface area (Å²) in [4.78, 5) is 13.7. The van der Waals surface area contributed by atoms with Gasteiger partial charge in [-0.15, -0.1) is 11.3 Å². The van der Waals surface area contributed by atoms with E-state index in [1.165, 1.54) is 30.8 Å². The summed E-state index contributed by atoms with van der Waals surface area (Å²) in [5.41, 5.74) is 6.12. The van der Waals surface area contributed by atoms with Crippen LogP contribution in [0.5, 0.6) is 0 Å². The number of nitrogens with zero attached hydrogens (tertiary/aromatic N) is 3. The third-order valence-corrected chi connectivity index (χ3v) is 5.03. The number of fused-ring (bicyclic) bond motifs is 1. The van der Waals surface area contributed by atoms with Crippen LogP contribution in [0.25, 0.3) is 21.8 Å². The van der Waals surface area contributed by atoms with Crippen molar-refractivity contribution in [3.63, 3.8) is 0 Å². The van der Waals surface area contributed by atoms with Crippen molar-refractivity contribution in [3.05, 3.63) is 28.8 Å². The van der Waals surface area contributed by atoms with Crippen LogP contribution in [-0.4, -0.2) is 28.0 Å². The quantitative estimate of drug-likeness (QED) is 0.802. The maximum absolute atomic E-state index is 6.12. The van der Waals surface area contributed by atoms with Crippen molar-refractivity contribution < 1.29 is 4.42 Å². The van der Waals surface area contributed by atoms with Crippen molar-refractivity contribution in [2.24, 2.45) is 0 Å². The van der Waals surface area contributed by atoms with E-state index in [0.717, 1.165) is 22.5 Å². The van der Waals surface area contributed by atoms with Gasteiger partial charge < -0.3 is 10.2 Å². The lowest BCUT2D eigenvalue weighted by molar-refractivity contribution is 0.334. The first kappa shape index (κ1) is 13.7. The highest BCUT2D eigenvalue weighted by atomic mass is 32.1. The first-order valence-corrected chi connectivity index (χ1v) is 8.36. The summed E-state index contributed by atoms with van der Waals surface area (Å²) < 4.78 is 5.60. The zero-order valence-corrected chi connectivity index (χ0v) is 13.3. The Kier molecular flexibility index (Phi) is 3.35. The number of likely N-dealkylation sites (tertiary alicyclic amines) is 1. The SMILES string of the molecule is Cc1ccc(-c2nc(N)c3cc(CN4CCCC4)sc3n2)o1. The number of aromatic nitrogens is 2. The standard InChI is InChI=1S/C16H18N4OS/c1-10-4-5-13(21-10)15-18-14(17)12-8-11(22-16(12)19-15)9-20-6-2-3-7-20/h4-5,8H,2-3,6-7,9H2,1H3,(H2,17,18,19). The van der Waals surface area contributed by atoms with Crippen molar-refractivity contribution in [3.8, 4) is 11.6 Å². The molecular weight excluding hydrogens is 296 g/mol. The lowest BCUT2D eigenvalue weighted by atomic mass is 10.3. The number of hydrogen-bond donors (Lipinski definition) is 1. The number of hydrogen-bond acceptors (Lipinski definition) is 6. The molecule has 0 saturated carbocycles. The maximum Gasteiger partial charge on any atom is 0.199 e. The van der Waals surface area contributed by atoms with E-state index >= 15 is 0 Å². The molecule has 0 spiro atoms. The summed E-state index contributed by atoms with van der Waals surface area (Å²) >= 11 is 1.70. The number of thiophene rings is 1. The van der Waals surface area contributed by atoms with Gasteiger partial charge in [0.2, 0.25) is 0 Å². The van der Waals surface area contributed by atoms with Gasteiger partial charge in [-0.2, -0.15) is 0 Å². The van der Waals surface area contributed by atoms with Gasteiger partial charge in [0.15, 0.2) is 11.6 Å². The van der Waals surface area contributed by atoms with Gasteiger partial charge in [0.05, 0.1) is 5.39 Å². The molecule has 4 rings (SSSR count). The van der Waals surface area contributed by atoms with Crippen LogP contribution in [0.1, 0.15) is 23.5 Å². The fraction of sp³-hybridized carbons (Fsp3) is 0.375. The van der Waals surface area contributed by atoms with Crippen molar-refractivity contribution >= 4 is 27.4 Å². The van der Waals surface area contributed by atoms with Crippen LogP contribution in [0.4, 0.5) is 5.82 Å². The molecule has 3 aromatic heterocycles. The Balaban J connectivity index is 1.70. The summed E-state index contributed by atoms with van der Waals surface area (Å²) in [5, 5.41) is 0.950. The van der Waals surface area contributed by atoms with E-state index in [-0.39, 0.29) is 0 Å². The smallest absolute Gasteiger partial charge is 0.199 e. The highest BCUT2D eigenvalue weighted by Crippen LogP contribution is 2.31. The Morgan fingerprint density at radius 1 is 1.27 bits per heavy atom. The summed E-state index contributed by atoms with van der Waals surface area (Å²) in [7, 11) is 0. The van der Waals surface area contributed by atoms with Crippen molar-refractivity contribution in [1.29, 1.82) is 0 Å². The fourth-order valence-electron chi connectivity index (χ4n) is 2.90. The number of furan rings is 1. The predicted octanol–water partition coefficient (Wildman–Crippen LogP) is 3.44. The van der Waals surface area contributed by atoms with E-state index < -0.39 is 0 Å². The van der Waals surface area contributed by atoms with E-state index in [1.54, 1.807) is 11.3 Å². The minimum absolute atomic E-state index is 0.526. The van der Waals surface area contributed by atoms with E-state index in [1.807, 2.05) is 19.1 Å². The second-order valence-electron chi connectivity index (χ2n) is 5.76. The first-order valence-electron chi connectivity index (χ1n) is 7.54. The Labute approximate surface area is 132 Å². The molecule has 1 aliphatic rings. The van der Waals surface area contributed by atoms with Crippen LogP contribution in [0, 0.1) is 6.92 Å². The third-order valence-electron chi connectivity index (χ3n) is 4.01. The number of aryl methyl sites for hydroxylation is 1. The molecular formula is C16H18N4OS. The third kappa shape index (κ3) is 2.48. The summed E-state index contributed by atoms with van der Waals surface area (Å²) in [6, 6.07) is 5.92. The van der Waals surface area contributed by atoms with Crippen molar-refractivity contribution in [2.45, 2.75) is 26.3 Å². The lowest BCUT2D eigenvalue weighted by Gasteiger charge is -2.11. The second-order valence-corrected chi connectivity index (χ2v) is 6.87. The normalized spacial score (nSPS) is 15.9. The Morgan fingerprint density at radius 2 is 2.09 bits per heavy atom. The van der Waals surface area contributed by atoms with Crippen LogP contribution >= 0.6 is 11.3 Å². The fourth-order valence-corrected chi connectivity index (χ4v) is 3.98. The van der Waals surface area contributed by atoms with Crippen LogP contribution in [0.2, 0.25) is 0 Å². The number of rotatable bonds is 3. The van der Waals surface area contributed by atoms with Gasteiger partial charge in [0, 0.05) is 11.4 Å². The molecule has 0 aromatic carbocycles. The van der Waals surface area contributed by atoms with Crippen LogP contribution in [0.15, 0.2) is 22.6 Å². The van der Waals surface area contributed by atoms with Crippen LogP contribution < -0.4 is 5.73 Å². The number of nitrogens with two attached hydrogens (primary N) is 1. The molecule has 1 aliphatic heterocycles. The minimum Gasteiger partial charge on any atom is -0.458 e. The average molecular weight is 314 g/mol. The molecule has 0 amide bonds. The highest BCUT2D eigenvalue weighted by molar-refractivity contribution is 7.18. The highest BCUT2D eigenvalue weighted by Gasteiger charge is 2.16. The monoisotopic (exact) mass is 314 g/mol. The van der Waals surface area contributed by atoms with E-state index in [0.29, 0.717) is 17.4 Å². The molecule has 0 radical (unpaired) electrons. The molecule has 3 aromatic rings. The molecule has 2 N–H and O–H groups in total. The van der Waals surface area contributed by atoms with Crippen LogP contribution in [-0.2, 0) is 6.54 Å². The van der Waals surface area contributed by atoms with Gasteiger partial charge >= 0.3 is 0 Å². The summed E-state index contributed by atoms with van der Waals surface area (Å²) in [5.74, 6) is 2.60. The van der Waals surface area contributed by atoms with Crippen molar-refractivity contribution in [2.75, 3.05) is 18.8 Å². The molecule has 22 heavy (non-hydrogen) atoms. The molecule has 1 fully saturated rings.